The van der Waals surface area contributed by atoms with E-state index < -0.39 is 0 Å². The zero-order chi connectivity index (χ0) is 12.3. The minimum atomic E-state index is 0.0733. The van der Waals surface area contributed by atoms with Crippen LogP contribution in [0.25, 0.3) is 0 Å². The Kier molecular flexibility index (Phi) is 3.87. The van der Waals surface area contributed by atoms with Crippen molar-refractivity contribution in [2.75, 3.05) is 0 Å². The molecule has 0 aliphatic rings. The van der Waals surface area contributed by atoms with Crippen LogP contribution >= 0.6 is 11.8 Å². The summed E-state index contributed by atoms with van der Waals surface area (Å²) in [4.78, 5) is 2.50. The molecular formula is C15H17NS. The highest BCUT2D eigenvalue weighted by Gasteiger charge is 2.07. The van der Waals surface area contributed by atoms with Crippen molar-refractivity contribution >= 4 is 11.8 Å². The Morgan fingerprint density at radius 2 is 1.65 bits per heavy atom. The van der Waals surface area contributed by atoms with Gasteiger partial charge >= 0.3 is 0 Å². The highest BCUT2D eigenvalue weighted by molar-refractivity contribution is 7.99. The molecule has 0 fully saturated rings. The Bertz CT molecular complexity index is 489. The molecule has 2 N–H and O–H groups in total. The summed E-state index contributed by atoms with van der Waals surface area (Å²) < 4.78 is 0. The maximum Gasteiger partial charge on any atom is 0.0277 e. The predicted octanol–water partition coefficient (Wildman–Crippen LogP) is 4.17. The molecule has 0 bridgehead atoms. The Labute approximate surface area is 107 Å². The number of aryl methyl sites for hydroxylation is 1. The van der Waals surface area contributed by atoms with E-state index in [0.717, 1.165) is 0 Å². The molecule has 0 saturated carbocycles. The third kappa shape index (κ3) is 3.11. The van der Waals surface area contributed by atoms with E-state index in [2.05, 4.69) is 49.4 Å². The lowest BCUT2D eigenvalue weighted by Crippen LogP contribution is -2.05. The summed E-state index contributed by atoms with van der Waals surface area (Å²) >= 11 is 1.77. The topological polar surface area (TPSA) is 26.0 Å². The van der Waals surface area contributed by atoms with Gasteiger partial charge < -0.3 is 5.73 Å². The standard InChI is InChI=1S/C15H17NS/c1-11-7-9-13(10-8-11)17-15-6-4-3-5-14(15)12(2)16/h3-10,12H,16H2,1-2H3/t12-/m0/s1. The van der Waals surface area contributed by atoms with Crippen LogP contribution in [-0.4, -0.2) is 0 Å². The van der Waals surface area contributed by atoms with Gasteiger partial charge in [0.15, 0.2) is 0 Å². The molecule has 2 aromatic carbocycles. The molecule has 0 saturated heterocycles. The van der Waals surface area contributed by atoms with Crippen LogP contribution in [0.3, 0.4) is 0 Å². The van der Waals surface area contributed by atoms with Crippen LogP contribution < -0.4 is 5.73 Å². The van der Waals surface area contributed by atoms with Crippen molar-refractivity contribution in [1.82, 2.24) is 0 Å². The van der Waals surface area contributed by atoms with Gasteiger partial charge in [0.05, 0.1) is 0 Å². The summed E-state index contributed by atoms with van der Waals surface area (Å²) in [6.45, 7) is 4.12. The molecule has 2 rings (SSSR count). The molecule has 1 nitrogen and oxygen atoms in total. The average Bonchev–Trinajstić information content (AvgIpc) is 2.32. The third-order valence-corrected chi connectivity index (χ3v) is 3.76. The van der Waals surface area contributed by atoms with Gasteiger partial charge in [-0.05, 0) is 37.6 Å². The monoisotopic (exact) mass is 243 g/mol. The van der Waals surface area contributed by atoms with Gasteiger partial charge in [-0.2, -0.15) is 0 Å². The summed E-state index contributed by atoms with van der Waals surface area (Å²) in [7, 11) is 0. The van der Waals surface area contributed by atoms with E-state index in [1.165, 1.54) is 20.9 Å². The molecule has 0 heterocycles. The molecule has 0 spiro atoms. The lowest BCUT2D eigenvalue weighted by Gasteiger charge is -2.12. The average molecular weight is 243 g/mol. The molecule has 0 amide bonds. The van der Waals surface area contributed by atoms with Gasteiger partial charge in [-0.15, -0.1) is 0 Å². The molecule has 2 aromatic rings. The molecule has 0 aliphatic heterocycles. The smallest absolute Gasteiger partial charge is 0.0277 e. The largest absolute Gasteiger partial charge is 0.324 e. The van der Waals surface area contributed by atoms with Gasteiger partial charge in [0.2, 0.25) is 0 Å². The van der Waals surface area contributed by atoms with Crippen molar-refractivity contribution in [2.24, 2.45) is 5.73 Å². The molecule has 0 unspecified atom stereocenters. The van der Waals surface area contributed by atoms with Crippen molar-refractivity contribution in [2.45, 2.75) is 29.7 Å². The van der Waals surface area contributed by atoms with Gasteiger partial charge in [0.1, 0.15) is 0 Å². The molecule has 0 aliphatic carbocycles. The second-order valence-electron chi connectivity index (χ2n) is 4.24. The zero-order valence-corrected chi connectivity index (χ0v) is 11.0. The molecule has 17 heavy (non-hydrogen) atoms. The maximum atomic E-state index is 5.98. The van der Waals surface area contributed by atoms with E-state index in [1.807, 2.05) is 13.0 Å². The van der Waals surface area contributed by atoms with Gasteiger partial charge in [0.25, 0.3) is 0 Å². The quantitative estimate of drug-likeness (QED) is 0.875. The van der Waals surface area contributed by atoms with E-state index >= 15 is 0 Å². The van der Waals surface area contributed by atoms with Crippen molar-refractivity contribution < 1.29 is 0 Å². The SMILES string of the molecule is Cc1ccc(Sc2ccccc2[C@H](C)N)cc1. The fraction of sp³-hybridized carbons (Fsp3) is 0.200. The first-order chi connectivity index (χ1) is 8.16. The zero-order valence-electron chi connectivity index (χ0n) is 10.2. The first-order valence-corrected chi connectivity index (χ1v) is 6.57. The van der Waals surface area contributed by atoms with Crippen molar-refractivity contribution in [3.05, 3.63) is 59.7 Å². The van der Waals surface area contributed by atoms with Gasteiger partial charge in [-0.3, -0.25) is 0 Å². The number of nitrogens with two attached hydrogens (primary N) is 1. The van der Waals surface area contributed by atoms with Crippen LogP contribution in [0.5, 0.6) is 0 Å². The summed E-state index contributed by atoms with van der Waals surface area (Å²) in [5, 5.41) is 0. The summed E-state index contributed by atoms with van der Waals surface area (Å²) in [5.41, 5.74) is 8.47. The normalized spacial score (nSPS) is 12.4. The van der Waals surface area contributed by atoms with E-state index in [0.29, 0.717) is 0 Å². The second-order valence-corrected chi connectivity index (χ2v) is 5.36. The van der Waals surface area contributed by atoms with E-state index in [4.69, 9.17) is 5.73 Å². The Morgan fingerprint density at radius 1 is 1.00 bits per heavy atom. The Morgan fingerprint density at radius 3 is 2.29 bits per heavy atom. The summed E-state index contributed by atoms with van der Waals surface area (Å²) in [5.74, 6) is 0. The third-order valence-electron chi connectivity index (χ3n) is 2.66. The molecule has 2 heteroatoms. The first kappa shape index (κ1) is 12.2. The molecule has 0 radical (unpaired) electrons. The Hall–Kier alpha value is -1.25. The highest BCUT2D eigenvalue weighted by atomic mass is 32.2. The van der Waals surface area contributed by atoms with E-state index in [-0.39, 0.29) is 6.04 Å². The fourth-order valence-corrected chi connectivity index (χ4v) is 2.73. The second kappa shape index (κ2) is 5.39. The van der Waals surface area contributed by atoms with Crippen LogP contribution in [0, 0.1) is 6.92 Å². The maximum absolute atomic E-state index is 5.98. The van der Waals surface area contributed by atoms with Crippen molar-refractivity contribution in [3.8, 4) is 0 Å². The number of hydrogen-bond donors (Lipinski definition) is 1. The van der Waals surface area contributed by atoms with Crippen LogP contribution in [-0.2, 0) is 0 Å². The first-order valence-electron chi connectivity index (χ1n) is 5.76. The van der Waals surface area contributed by atoms with E-state index in [1.54, 1.807) is 11.8 Å². The predicted molar refractivity (Wildman–Crippen MR) is 74.3 cm³/mol. The van der Waals surface area contributed by atoms with Crippen molar-refractivity contribution in [1.29, 1.82) is 0 Å². The summed E-state index contributed by atoms with van der Waals surface area (Å²) in [6, 6.07) is 17.0. The number of rotatable bonds is 3. The van der Waals surface area contributed by atoms with Crippen LogP contribution in [0.4, 0.5) is 0 Å². The molecule has 1 atom stereocenters. The molecule has 88 valence electrons. The van der Waals surface area contributed by atoms with E-state index in [9.17, 15) is 0 Å². The lowest BCUT2D eigenvalue weighted by atomic mass is 10.1. The van der Waals surface area contributed by atoms with Crippen LogP contribution in [0.2, 0.25) is 0 Å². The Balaban J connectivity index is 2.26. The van der Waals surface area contributed by atoms with Gasteiger partial charge in [0, 0.05) is 15.8 Å². The molecule has 0 aromatic heterocycles. The van der Waals surface area contributed by atoms with Crippen molar-refractivity contribution in [3.63, 3.8) is 0 Å². The minimum absolute atomic E-state index is 0.0733. The minimum Gasteiger partial charge on any atom is -0.324 e. The fourth-order valence-electron chi connectivity index (χ4n) is 1.68. The lowest BCUT2D eigenvalue weighted by molar-refractivity contribution is 0.797. The van der Waals surface area contributed by atoms with Crippen LogP contribution in [0.15, 0.2) is 58.3 Å². The number of hydrogen-bond acceptors (Lipinski definition) is 2. The van der Waals surface area contributed by atoms with Crippen LogP contribution in [0.1, 0.15) is 24.1 Å². The van der Waals surface area contributed by atoms with Gasteiger partial charge in [-0.25, -0.2) is 0 Å². The highest BCUT2D eigenvalue weighted by Crippen LogP contribution is 2.32. The number of benzene rings is 2. The molecular weight excluding hydrogens is 226 g/mol. The summed E-state index contributed by atoms with van der Waals surface area (Å²) in [6.07, 6.45) is 0. The van der Waals surface area contributed by atoms with Gasteiger partial charge in [-0.1, -0.05) is 47.7 Å².